The number of amides is 2. The van der Waals surface area contributed by atoms with E-state index in [0.29, 0.717) is 30.1 Å². The highest BCUT2D eigenvalue weighted by molar-refractivity contribution is 5.95. The van der Waals surface area contributed by atoms with E-state index in [9.17, 15) is 9.59 Å². The molecule has 2 amide bonds. The first kappa shape index (κ1) is 21.1. The molecule has 8 nitrogen and oxygen atoms in total. The minimum Gasteiger partial charge on any atom is -0.350 e. The third-order valence-electron chi connectivity index (χ3n) is 8.99. The van der Waals surface area contributed by atoms with E-state index in [1.807, 2.05) is 36.3 Å². The number of carbonyl (C=O) groups is 2. The quantitative estimate of drug-likeness (QED) is 0.632. The summed E-state index contributed by atoms with van der Waals surface area (Å²) in [7, 11) is 1.91. The second kappa shape index (κ2) is 7.67. The topological polar surface area (TPSA) is 84.5 Å². The third-order valence-corrected chi connectivity index (χ3v) is 8.99. The predicted octanol–water partition coefficient (Wildman–Crippen LogP) is 3.21. The van der Waals surface area contributed by atoms with E-state index in [-0.39, 0.29) is 17.2 Å². The Morgan fingerprint density at radius 1 is 1.09 bits per heavy atom. The number of aromatic nitrogens is 4. The molecule has 1 aliphatic heterocycles. The molecule has 4 heterocycles. The highest BCUT2D eigenvalue weighted by atomic mass is 16.2. The van der Waals surface area contributed by atoms with Gasteiger partial charge in [-0.25, -0.2) is 4.98 Å². The lowest BCUT2D eigenvalue weighted by atomic mass is 9.49. The number of fused-ring (bicyclic) bond motifs is 2. The molecule has 4 aliphatic carbocycles. The summed E-state index contributed by atoms with van der Waals surface area (Å²) in [6, 6.07) is 5.52. The summed E-state index contributed by atoms with van der Waals surface area (Å²) < 4.78 is 3.57. The Bertz CT molecular complexity index is 1300. The second-order valence-electron chi connectivity index (χ2n) is 11.6. The first-order chi connectivity index (χ1) is 16.9. The van der Waals surface area contributed by atoms with Crippen molar-refractivity contribution in [3.8, 4) is 0 Å². The molecule has 182 valence electrons. The largest absolute Gasteiger partial charge is 0.350 e. The number of imidazole rings is 1. The third kappa shape index (κ3) is 3.56. The Hall–Kier alpha value is -3.16. The second-order valence-corrected chi connectivity index (χ2v) is 11.6. The molecule has 0 atom stereocenters. The van der Waals surface area contributed by atoms with E-state index in [1.54, 1.807) is 15.3 Å². The van der Waals surface area contributed by atoms with Crippen LogP contribution in [0.1, 0.15) is 70.8 Å². The summed E-state index contributed by atoms with van der Waals surface area (Å²) in [6.45, 7) is 1.91. The van der Waals surface area contributed by atoms with Gasteiger partial charge in [0, 0.05) is 51.1 Å². The lowest BCUT2D eigenvalue weighted by molar-refractivity contribution is -0.0503. The van der Waals surface area contributed by atoms with Crippen LogP contribution >= 0.6 is 0 Å². The average molecular weight is 473 g/mol. The zero-order chi connectivity index (χ0) is 23.7. The van der Waals surface area contributed by atoms with Gasteiger partial charge in [-0.1, -0.05) is 6.07 Å². The molecule has 8 heteroatoms. The summed E-state index contributed by atoms with van der Waals surface area (Å²) in [5.74, 6) is 2.40. The molecule has 35 heavy (non-hydrogen) atoms. The number of aryl methyl sites for hydroxylation is 1. The van der Waals surface area contributed by atoms with Crippen molar-refractivity contribution in [3.05, 3.63) is 53.2 Å². The molecule has 0 radical (unpaired) electrons. The van der Waals surface area contributed by atoms with Gasteiger partial charge in [0.2, 0.25) is 0 Å². The van der Waals surface area contributed by atoms with Crippen LogP contribution in [0.15, 0.2) is 30.6 Å². The van der Waals surface area contributed by atoms with E-state index in [2.05, 4.69) is 15.4 Å². The normalized spacial score (nSPS) is 28.9. The van der Waals surface area contributed by atoms with Crippen molar-refractivity contribution >= 4 is 17.5 Å². The van der Waals surface area contributed by atoms with Gasteiger partial charge in [0.1, 0.15) is 17.0 Å². The van der Waals surface area contributed by atoms with Gasteiger partial charge >= 0.3 is 0 Å². The van der Waals surface area contributed by atoms with Crippen molar-refractivity contribution < 1.29 is 9.59 Å². The summed E-state index contributed by atoms with van der Waals surface area (Å²) in [5, 5.41) is 7.75. The molecule has 3 aromatic heterocycles. The summed E-state index contributed by atoms with van der Waals surface area (Å²) in [6.07, 6.45) is 12.4. The van der Waals surface area contributed by atoms with Gasteiger partial charge in [-0.15, -0.1) is 0 Å². The Kier molecular flexibility index (Phi) is 4.63. The van der Waals surface area contributed by atoms with Gasteiger partial charge in [0.15, 0.2) is 0 Å². The SMILES string of the molecule is Cn1cc2c(n1)CCN(C(=O)c1cn3c(C(=O)NCC45CC6CC(CC(C6)C4)C5)cccc3n1)C2. The summed E-state index contributed by atoms with van der Waals surface area (Å²) in [5.41, 5.74) is 3.96. The van der Waals surface area contributed by atoms with Crippen molar-refractivity contribution in [2.45, 2.75) is 51.5 Å². The Morgan fingerprint density at radius 3 is 2.57 bits per heavy atom. The summed E-state index contributed by atoms with van der Waals surface area (Å²) in [4.78, 5) is 33.0. The van der Waals surface area contributed by atoms with Gasteiger partial charge in [-0.3, -0.25) is 18.7 Å². The monoisotopic (exact) mass is 472 g/mol. The smallest absolute Gasteiger partial charge is 0.274 e. The van der Waals surface area contributed by atoms with Crippen LogP contribution in [0.3, 0.4) is 0 Å². The van der Waals surface area contributed by atoms with Crippen molar-refractivity contribution in [3.63, 3.8) is 0 Å². The number of pyridine rings is 1. The Morgan fingerprint density at radius 2 is 1.83 bits per heavy atom. The Labute approximate surface area is 204 Å². The van der Waals surface area contributed by atoms with E-state index in [4.69, 9.17) is 0 Å². The lowest BCUT2D eigenvalue weighted by Crippen LogP contribution is -2.51. The van der Waals surface area contributed by atoms with Crippen LogP contribution in [0.25, 0.3) is 5.65 Å². The van der Waals surface area contributed by atoms with Crippen molar-refractivity contribution in [2.75, 3.05) is 13.1 Å². The number of carbonyl (C=O) groups excluding carboxylic acids is 2. The minimum absolute atomic E-state index is 0.0827. The molecule has 1 N–H and O–H groups in total. The van der Waals surface area contributed by atoms with E-state index < -0.39 is 0 Å². The van der Waals surface area contributed by atoms with E-state index in [0.717, 1.165) is 42.0 Å². The van der Waals surface area contributed by atoms with Gasteiger partial charge in [0.05, 0.1) is 5.69 Å². The number of nitrogens with one attached hydrogen (secondary N) is 1. The number of hydrogen-bond donors (Lipinski definition) is 1. The van der Waals surface area contributed by atoms with E-state index >= 15 is 0 Å². The first-order valence-electron chi connectivity index (χ1n) is 13.0. The fourth-order valence-corrected chi connectivity index (χ4v) is 7.95. The maximum absolute atomic E-state index is 13.3. The van der Waals surface area contributed by atoms with Gasteiger partial charge < -0.3 is 10.2 Å². The first-order valence-corrected chi connectivity index (χ1v) is 13.0. The molecule has 0 aromatic carbocycles. The fourth-order valence-electron chi connectivity index (χ4n) is 7.95. The number of rotatable bonds is 4. The van der Waals surface area contributed by atoms with Gasteiger partial charge in [-0.05, 0) is 73.8 Å². The molecule has 4 fully saturated rings. The van der Waals surface area contributed by atoms with Crippen LogP contribution in [0.4, 0.5) is 0 Å². The van der Waals surface area contributed by atoms with Crippen LogP contribution in [-0.2, 0) is 20.0 Å². The minimum atomic E-state index is -0.108. The molecule has 0 unspecified atom stereocenters. The molecular weight excluding hydrogens is 440 g/mol. The van der Waals surface area contributed by atoms with Crippen LogP contribution in [0.5, 0.6) is 0 Å². The van der Waals surface area contributed by atoms with E-state index in [1.165, 1.54) is 38.5 Å². The maximum atomic E-state index is 13.3. The predicted molar refractivity (Wildman–Crippen MR) is 130 cm³/mol. The highest BCUT2D eigenvalue weighted by Gasteiger charge is 2.50. The zero-order valence-electron chi connectivity index (χ0n) is 20.2. The average Bonchev–Trinajstić information content (AvgIpc) is 3.43. The van der Waals surface area contributed by atoms with Crippen molar-refractivity contribution in [1.82, 2.24) is 29.4 Å². The molecule has 8 rings (SSSR count). The van der Waals surface area contributed by atoms with Crippen molar-refractivity contribution in [1.29, 1.82) is 0 Å². The zero-order valence-corrected chi connectivity index (χ0v) is 20.2. The van der Waals surface area contributed by atoms with Gasteiger partial charge in [0.25, 0.3) is 11.8 Å². The van der Waals surface area contributed by atoms with Crippen molar-refractivity contribution in [2.24, 2.45) is 30.2 Å². The van der Waals surface area contributed by atoms with Crippen LogP contribution < -0.4 is 5.32 Å². The summed E-state index contributed by atoms with van der Waals surface area (Å²) >= 11 is 0. The van der Waals surface area contributed by atoms with Crippen LogP contribution in [0, 0.1) is 23.2 Å². The number of nitrogens with zero attached hydrogens (tertiary/aromatic N) is 5. The molecule has 4 bridgehead atoms. The maximum Gasteiger partial charge on any atom is 0.274 e. The number of hydrogen-bond acceptors (Lipinski definition) is 4. The standard InChI is InChI=1S/C27H32N6O2/c1-31-13-20-14-32(6-5-21(20)30-31)26(35)22-15-33-23(3-2-4-24(33)29-22)25(34)28-16-27-10-17-7-18(11-27)9-19(8-17)12-27/h2-4,13,15,17-19H,5-12,14,16H2,1H3,(H,28,34). The lowest BCUT2D eigenvalue weighted by Gasteiger charge is -2.56. The molecule has 0 saturated heterocycles. The van der Waals surface area contributed by atoms with Gasteiger partial charge in [-0.2, -0.15) is 5.10 Å². The molecule has 4 saturated carbocycles. The molecule has 3 aromatic rings. The Balaban J connectivity index is 1.09. The molecule has 0 spiro atoms. The van der Waals surface area contributed by atoms with Crippen LogP contribution in [-0.4, -0.2) is 49.0 Å². The molecule has 5 aliphatic rings. The highest BCUT2D eigenvalue weighted by Crippen LogP contribution is 2.59. The molecular formula is C27H32N6O2. The van der Waals surface area contributed by atoms with Crippen LogP contribution in [0.2, 0.25) is 0 Å². The fraction of sp³-hybridized carbons (Fsp3) is 0.556.